The van der Waals surface area contributed by atoms with E-state index >= 15 is 0 Å². The lowest BCUT2D eigenvalue weighted by atomic mass is 9.89. The maximum Gasteiger partial charge on any atom is 0.313 e. The summed E-state index contributed by atoms with van der Waals surface area (Å²) in [5, 5.41) is 3.45. The number of fused-ring (bicyclic) bond motifs is 3. The molecule has 0 saturated heterocycles. The third kappa shape index (κ3) is 2.94. The highest BCUT2D eigenvalue weighted by Crippen LogP contribution is 2.47. The van der Waals surface area contributed by atoms with Crippen LogP contribution in [0.2, 0.25) is 0 Å². The molecule has 0 saturated carbocycles. The molecule has 3 heterocycles. The molecule has 1 amide bonds. The first-order valence-electron chi connectivity index (χ1n) is 11.0. The first-order valence-corrected chi connectivity index (χ1v) is 11.0. The Morgan fingerprint density at radius 1 is 0.781 bits per heavy atom. The van der Waals surface area contributed by atoms with Crippen LogP contribution in [0.1, 0.15) is 36.1 Å². The second-order valence-electron chi connectivity index (χ2n) is 8.41. The van der Waals surface area contributed by atoms with Gasteiger partial charge in [0.2, 0.25) is 5.91 Å². The highest BCUT2D eigenvalue weighted by Gasteiger charge is 2.42. The van der Waals surface area contributed by atoms with Crippen molar-refractivity contribution in [2.45, 2.75) is 24.9 Å². The summed E-state index contributed by atoms with van der Waals surface area (Å²) in [5.74, 6) is 0.258. The zero-order valence-electron chi connectivity index (χ0n) is 17.5. The van der Waals surface area contributed by atoms with Gasteiger partial charge in [-0.25, -0.2) is 0 Å². The molecule has 2 unspecified atom stereocenters. The number of carbonyl (C=O) groups excluding carboxylic acids is 2. The number of nitrogens with one attached hydrogen (secondary N) is 1. The molecule has 3 aliphatic heterocycles. The summed E-state index contributed by atoms with van der Waals surface area (Å²) in [7, 11) is 0. The van der Waals surface area contributed by atoms with Crippen molar-refractivity contribution < 1.29 is 14.3 Å². The molecule has 3 aliphatic rings. The van der Waals surface area contributed by atoms with Gasteiger partial charge in [0.25, 0.3) is 0 Å². The standard InChI is InChI=1S/C26H23N3O3/c30-25-15-22(28-14-13-27-19-9-3-5-11-21(19)28)17-7-1-4-10-20(17)29(25)23-16-26(31)32-24-12-6-2-8-18(23)24/h1-12,22-23,27H,13-16H2. The van der Waals surface area contributed by atoms with Crippen LogP contribution in [0.4, 0.5) is 17.1 Å². The quantitative estimate of drug-likeness (QED) is 0.486. The predicted octanol–water partition coefficient (Wildman–Crippen LogP) is 4.45. The molecule has 32 heavy (non-hydrogen) atoms. The summed E-state index contributed by atoms with van der Waals surface area (Å²) < 4.78 is 5.44. The lowest BCUT2D eigenvalue weighted by Crippen LogP contribution is -2.47. The molecule has 0 fully saturated rings. The van der Waals surface area contributed by atoms with Crippen LogP contribution in [0.5, 0.6) is 5.75 Å². The molecule has 3 aromatic rings. The van der Waals surface area contributed by atoms with Crippen molar-refractivity contribution in [3.63, 3.8) is 0 Å². The summed E-state index contributed by atoms with van der Waals surface area (Å²) in [6.45, 7) is 1.65. The molecule has 3 aromatic carbocycles. The predicted molar refractivity (Wildman–Crippen MR) is 123 cm³/mol. The van der Waals surface area contributed by atoms with E-state index in [4.69, 9.17) is 4.74 Å². The van der Waals surface area contributed by atoms with Crippen LogP contribution < -0.4 is 19.9 Å². The average molecular weight is 425 g/mol. The number of amides is 1. The van der Waals surface area contributed by atoms with E-state index in [9.17, 15) is 9.59 Å². The van der Waals surface area contributed by atoms with E-state index in [0.29, 0.717) is 12.2 Å². The molecule has 0 spiro atoms. The number of ether oxygens (including phenoxy) is 1. The SMILES string of the molecule is O=C1CC(N2C(=O)CC(N3CCNc4ccccc43)c3ccccc32)c2ccccc2O1. The Morgan fingerprint density at radius 3 is 2.38 bits per heavy atom. The topological polar surface area (TPSA) is 61.9 Å². The van der Waals surface area contributed by atoms with Crippen molar-refractivity contribution in [3.8, 4) is 5.75 Å². The normalized spacial score (nSPS) is 21.8. The zero-order valence-corrected chi connectivity index (χ0v) is 17.5. The Bertz CT molecular complexity index is 1220. The number of hydrogen-bond acceptors (Lipinski definition) is 5. The number of rotatable bonds is 2. The molecular formula is C26H23N3O3. The van der Waals surface area contributed by atoms with Gasteiger partial charge in [-0.3, -0.25) is 9.59 Å². The third-order valence-corrected chi connectivity index (χ3v) is 6.62. The smallest absolute Gasteiger partial charge is 0.313 e. The number of nitrogens with zero attached hydrogens (tertiary/aromatic N) is 2. The number of benzene rings is 3. The number of anilines is 3. The summed E-state index contributed by atoms with van der Waals surface area (Å²) in [4.78, 5) is 30.2. The van der Waals surface area contributed by atoms with E-state index < -0.39 is 0 Å². The molecule has 0 radical (unpaired) electrons. The summed E-state index contributed by atoms with van der Waals surface area (Å²) in [6.07, 6.45) is 0.511. The summed E-state index contributed by atoms with van der Waals surface area (Å²) in [5.41, 5.74) is 5.07. The minimum absolute atomic E-state index is 0.0271. The molecule has 6 heteroatoms. The second-order valence-corrected chi connectivity index (χ2v) is 8.41. The maximum atomic E-state index is 13.7. The fourth-order valence-corrected chi connectivity index (χ4v) is 5.26. The van der Waals surface area contributed by atoms with E-state index in [0.717, 1.165) is 41.3 Å². The van der Waals surface area contributed by atoms with Crippen LogP contribution in [0.15, 0.2) is 72.8 Å². The van der Waals surface area contributed by atoms with Gasteiger partial charge in [-0.2, -0.15) is 0 Å². The van der Waals surface area contributed by atoms with Gasteiger partial charge < -0.3 is 19.9 Å². The molecule has 160 valence electrons. The van der Waals surface area contributed by atoms with Crippen LogP contribution in [0.3, 0.4) is 0 Å². The Labute approximate surface area is 186 Å². The molecule has 6 rings (SSSR count). The van der Waals surface area contributed by atoms with Gasteiger partial charge >= 0.3 is 5.97 Å². The maximum absolute atomic E-state index is 13.7. The Kier molecular flexibility index (Phi) is 4.38. The fourth-order valence-electron chi connectivity index (χ4n) is 5.26. The third-order valence-electron chi connectivity index (χ3n) is 6.62. The van der Waals surface area contributed by atoms with Crippen LogP contribution in [0.25, 0.3) is 0 Å². The minimum Gasteiger partial charge on any atom is -0.426 e. The number of esters is 1. The number of para-hydroxylation sites is 4. The minimum atomic E-state index is -0.364. The van der Waals surface area contributed by atoms with Gasteiger partial charge in [-0.1, -0.05) is 48.5 Å². The Balaban J connectivity index is 1.45. The van der Waals surface area contributed by atoms with Crippen molar-refractivity contribution in [1.29, 1.82) is 0 Å². The van der Waals surface area contributed by atoms with Crippen molar-refractivity contribution in [3.05, 3.63) is 83.9 Å². The van der Waals surface area contributed by atoms with Crippen molar-refractivity contribution >= 4 is 28.9 Å². The monoisotopic (exact) mass is 425 g/mol. The lowest BCUT2D eigenvalue weighted by Gasteiger charge is -2.45. The molecular weight excluding hydrogens is 402 g/mol. The average Bonchev–Trinajstić information content (AvgIpc) is 2.83. The first kappa shape index (κ1) is 18.9. The number of hydrogen-bond donors (Lipinski definition) is 1. The van der Waals surface area contributed by atoms with Gasteiger partial charge in [-0.15, -0.1) is 0 Å². The Morgan fingerprint density at radius 2 is 1.50 bits per heavy atom. The second kappa shape index (κ2) is 7.41. The van der Waals surface area contributed by atoms with Gasteiger partial charge in [0.1, 0.15) is 5.75 Å². The zero-order chi connectivity index (χ0) is 21.7. The van der Waals surface area contributed by atoms with E-state index in [2.05, 4.69) is 28.4 Å². The first-order chi connectivity index (χ1) is 15.7. The molecule has 2 atom stereocenters. The van der Waals surface area contributed by atoms with Crippen molar-refractivity contribution in [2.24, 2.45) is 0 Å². The molecule has 0 aliphatic carbocycles. The molecule has 0 aromatic heterocycles. The van der Waals surface area contributed by atoms with Gasteiger partial charge in [0.05, 0.1) is 36.3 Å². The molecule has 6 nitrogen and oxygen atoms in total. The lowest BCUT2D eigenvalue weighted by molar-refractivity contribution is -0.136. The highest BCUT2D eigenvalue weighted by molar-refractivity contribution is 5.99. The van der Waals surface area contributed by atoms with E-state index in [1.165, 1.54) is 0 Å². The van der Waals surface area contributed by atoms with E-state index in [1.807, 2.05) is 53.4 Å². The summed E-state index contributed by atoms with van der Waals surface area (Å²) >= 11 is 0. The number of carbonyl (C=O) groups is 2. The van der Waals surface area contributed by atoms with Gasteiger partial charge in [0, 0.05) is 24.3 Å². The van der Waals surface area contributed by atoms with Crippen LogP contribution in [-0.4, -0.2) is 25.0 Å². The van der Waals surface area contributed by atoms with Gasteiger partial charge in [-0.05, 0) is 29.8 Å². The van der Waals surface area contributed by atoms with E-state index in [-0.39, 0.29) is 30.4 Å². The summed E-state index contributed by atoms with van der Waals surface area (Å²) in [6, 6.07) is 23.4. The molecule has 1 N–H and O–H groups in total. The Hall–Kier alpha value is -3.80. The van der Waals surface area contributed by atoms with Crippen LogP contribution >= 0.6 is 0 Å². The van der Waals surface area contributed by atoms with Crippen molar-refractivity contribution in [2.75, 3.05) is 28.2 Å². The molecule has 0 bridgehead atoms. The van der Waals surface area contributed by atoms with Gasteiger partial charge in [0.15, 0.2) is 0 Å². The van der Waals surface area contributed by atoms with Crippen LogP contribution in [0, 0.1) is 0 Å². The fraction of sp³-hybridized carbons (Fsp3) is 0.231. The van der Waals surface area contributed by atoms with Crippen molar-refractivity contribution in [1.82, 2.24) is 0 Å². The largest absolute Gasteiger partial charge is 0.426 e. The van der Waals surface area contributed by atoms with Crippen LogP contribution in [-0.2, 0) is 9.59 Å². The highest BCUT2D eigenvalue weighted by atomic mass is 16.5. The van der Waals surface area contributed by atoms with E-state index in [1.54, 1.807) is 6.07 Å².